The minimum absolute atomic E-state index is 0.143. The second kappa shape index (κ2) is 4.65. The quantitative estimate of drug-likeness (QED) is 0.818. The van der Waals surface area contributed by atoms with Crippen LogP contribution >= 0.6 is 0 Å². The van der Waals surface area contributed by atoms with Gasteiger partial charge in [0.2, 0.25) is 0 Å². The fraction of sp³-hybridized carbons (Fsp3) is 0.0769. The summed E-state index contributed by atoms with van der Waals surface area (Å²) >= 11 is 0. The molecule has 0 fully saturated rings. The van der Waals surface area contributed by atoms with Gasteiger partial charge in [-0.1, -0.05) is 30.3 Å². The average Bonchev–Trinajstić information content (AvgIpc) is 2.35. The topological polar surface area (TPSA) is 63.6 Å². The SMILES string of the molecule is O=COCc1ccc(C(=O)O)c2ccccc12. The monoisotopic (exact) mass is 230 g/mol. The van der Waals surface area contributed by atoms with Gasteiger partial charge in [-0.15, -0.1) is 0 Å². The highest BCUT2D eigenvalue weighted by Crippen LogP contribution is 2.23. The molecule has 4 nitrogen and oxygen atoms in total. The van der Waals surface area contributed by atoms with Crippen molar-refractivity contribution >= 4 is 23.2 Å². The Hall–Kier alpha value is -2.36. The summed E-state index contributed by atoms with van der Waals surface area (Å²) in [6, 6.07) is 10.3. The predicted molar refractivity (Wildman–Crippen MR) is 61.8 cm³/mol. The van der Waals surface area contributed by atoms with Crippen LogP contribution in [0.2, 0.25) is 0 Å². The molecule has 0 amide bonds. The van der Waals surface area contributed by atoms with Gasteiger partial charge in [0, 0.05) is 0 Å². The molecule has 2 aromatic carbocycles. The molecule has 17 heavy (non-hydrogen) atoms. The molecule has 0 saturated carbocycles. The fourth-order valence-corrected chi connectivity index (χ4v) is 1.80. The zero-order valence-electron chi connectivity index (χ0n) is 8.92. The van der Waals surface area contributed by atoms with Crippen LogP contribution in [-0.4, -0.2) is 17.5 Å². The third-order valence-corrected chi connectivity index (χ3v) is 2.55. The Morgan fingerprint density at radius 3 is 2.53 bits per heavy atom. The van der Waals surface area contributed by atoms with E-state index < -0.39 is 5.97 Å². The van der Waals surface area contributed by atoms with Crippen molar-refractivity contribution in [3.05, 3.63) is 47.5 Å². The van der Waals surface area contributed by atoms with E-state index in [0.717, 1.165) is 10.9 Å². The minimum atomic E-state index is -0.968. The van der Waals surface area contributed by atoms with Gasteiger partial charge in [-0.2, -0.15) is 0 Å². The molecular weight excluding hydrogens is 220 g/mol. The third-order valence-electron chi connectivity index (χ3n) is 2.55. The van der Waals surface area contributed by atoms with E-state index in [1.165, 1.54) is 6.07 Å². The lowest BCUT2D eigenvalue weighted by Crippen LogP contribution is -2.00. The molecule has 2 aromatic rings. The smallest absolute Gasteiger partial charge is 0.336 e. The van der Waals surface area contributed by atoms with Gasteiger partial charge < -0.3 is 9.84 Å². The number of rotatable bonds is 4. The van der Waals surface area contributed by atoms with Crippen LogP contribution in [0.25, 0.3) is 10.8 Å². The van der Waals surface area contributed by atoms with Crippen molar-refractivity contribution in [3.63, 3.8) is 0 Å². The molecule has 4 heteroatoms. The van der Waals surface area contributed by atoms with Gasteiger partial charge in [0.05, 0.1) is 5.56 Å². The summed E-state index contributed by atoms with van der Waals surface area (Å²) in [6.45, 7) is 0.518. The van der Waals surface area contributed by atoms with Crippen molar-refractivity contribution < 1.29 is 19.4 Å². The molecule has 0 radical (unpaired) electrons. The Labute approximate surface area is 97.4 Å². The standard InChI is InChI=1S/C13H10O4/c14-8-17-7-9-5-6-12(13(15)16)11-4-2-1-3-10(9)11/h1-6,8H,7H2,(H,15,16). The number of aromatic carboxylic acids is 1. The van der Waals surface area contributed by atoms with Crippen LogP contribution in [0.15, 0.2) is 36.4 Å². The highest BCUT2D eigenvalue weighted by molar-refractivity contribution is 6.04. The maximum atomic E-state index is 11.1. The molecule has 0 aromatic heterocycles. The van der Waals surface area contributed by atoms with Crippen LogP contribution in [0.5, 0.6) is 0 Å². The number of carbonyl (C=O) groups is 2. The molecule has 0 atom stereocenters. The first kappa shape index (κ1) is 11.1. The number of benzene rings is 2. The van der Waals surface area contributed by atoms with E-state index in [-0.39, 0.29) is 12.2 Å². The summed E-state index contributed by atoms with van der Waals surface area (Å²) in [4.78, 5) is 21.2. The number of carboxylic acids is 1. The van der Waals surface area contributed by atoms with E-state index in [2.05, 4.69) is 0 Å². The summed E-state index contributed by atoms with van der Waals surface area (Å²) in [5, 5.41) is 10.5. The number of hydrogen-bond donors (Lipinski definition) is 1. The van der Waals surface area contributed by atoms with E-state index in [4.69, 9.17) is 9.84 Å². The van der Waals surface area contributed by atoms with Crippen molar-refractivity contribution in [3.8, 4) is 0 Å². The van der Waals surface area contributed by atoms with Crippen LogP contribution in [0.4, 0.5) is 0 Å². The predicted octanol–water partition coefficient (Wildman–Crippen LogP) is 2.21. The lowest BCUT2D eigenvalue weighted by molar-refractivity contribution is -0.129. The Bertz CT molecular complexity index is 575. The van der Waals surface area contributed by atoms with Crippen molar-refractivity contribution in [1.82, 2.24) is 0 Å². The van der Waals surface area contributed by atoms with Gasteiger partial charge in [0.15, 0.2) is 0 Å². The number of carboxylic acid groups (broad SMARTS) is 1. The Morgan fingerprint density at radius 1 is 1.18 bits per heavy atom. The largest absolute Gasteiger partial charge is 0.478 e. The number of ether oxygens (including phenoxy) is 1. The van der Waals surface area contributed by atoms with Gasteiger partial charge in [0.25, 0.3) is 6.47 Å². The summed E-state index contributed by atoms with van der Waals surface area (Å²) in [7, 11) is 0. The molecule has 0 aliphatic heterocycles. The van der Waals surface area contributed by atoms with Gasteiger partial charge in [0.1, 0.15) is 6.61 Å². The molecule has 2 rings (SSSR count). The Balaban J connectivity index is 2.61. The molecule has 0 heterocycles. The van der Waals surface area contributed by atoms with Crippen molar-refractivity contribution in [1.29, 1.82) is 0 Å². The molecular formula is C13H10O4. The number of hydrogen-bond acceptors (Lipinski definition) is 3. The van der Waals surface area contributed by atoms with E-state index in [1.54, 1.807) is 18.2 Å². The summed E-state index contributed by atoms with van der Waals surface area (Å²) in [6.07, 6.45) is 0. The lowest BCUT2D eigenvalue weighted by Gasteiger charge is -2.07. The van der Waals surface area contributed by atoms with Crippen molar-refractivity contribution in [2.75, 3.05) is 0 Å². The zero-order valence-corrected chi connectivity index (χ0v) is 8.92. The summed E-state index contributed by atoms with van der Waals surface area (Å²) in [5.74, 6) is -0.968. The second-order valence-corrected chi connectivity index (χ2v) is 3.53. The van der Waals surface area contributed by atoms with E-state index in [0.29, 0.717) is 11.9 Å². The van der Waals surface area contributed by atoms with Crippen LogP contribution in [0.3, 0.4) is 0 Å². The summed E-state index contributed by atoms with van der Waals surface area (Å²) in [5.41, 5.74) is 1.04. The first-order chi connectivity index (χ1) is 8.24. The fourth-order valence-electron chi connectivity index (χ4n) is 1.80. The minimum Gasteiger partial charge on any atom is -0.478 e. The molecule has 0 saturated heterocycles. The normalized spacial score (nSPS) is 10.1. The van der Waals surface area contributed by atoms with Gasteiger partial charge in [-0.25, -0.2) is 4.79 Å². The van der Waals surface area contributed by atoms with Crippen molar-refractivity contribution in [2.45, 2.75) is 6.61 Å². The number of carbonyl (C=O) groups excluding carboxylic acids is 1. The maximum Gasteiger partial charge on any atom is 0.336 e. The highest BCUT2D eigenvalue weighted by Gasteiger charge is 2.10. The Morgan fingerprint density at radius 2 is 1.88 bits per heavy atom. The first-order valence-electron chi connectivity index (χ1n) is 5.03. The third kappa shape index (κ3) is 2.10. The van der Waals surface area contributed by atoms with Crippen LogP contribution in [0.1, 0.15) is 15.9 Å². The van der Waals surface area contributed by atoms with E-state index in [9.17, 15) is 9.59 Å². The van der Waals surface area contributed by atoms with Crippen molar-refractivity contribution in [2.24, 2.45) is 0 Å². The summed E-state index contributed by atoms with van der Waals surface area (Å²) < 4.78 is 4.70. The van der Waals surface area contributed by atoms with E-state index in [1.807, 2.05) is 12.1 Å². The molecule has 0 spiro atoms. The molecule has 0 aliphatic rings. The van der Waals surface area contributed by atoms with Gasteiger partial charge >= 0.3 is 5.97 Å². The van der Waals surface area contributed by atoms with Crippen LogP contribution in [-0.2, 0) is 16.1 Å². The second-order valence-electron chi connectivity index (χ2n) is 3.53. The molecule has 0 unspecified atom stereocenters. The van der Waals surface area contributed by atoms with Crippen LogP contribution in [0, 0.1) is 0 Å². The molecule has 0 aliphatic carbocycles. The van der Waals surface area contributed by atoms with E-state index >= 15 is 0 Å². The number of fused-ring (bicyclic) bond motifs is 1. The molecule has 1 N–H and O–H groups in total. The first-order valence-corrected chi connectivity index (χ1v) is 5.03. The average molecular weight is 230 g/mol. The van der Waals surface area contributed by atoms with Gasteiger partial charge in [-0.05, 0) is 22.4 Å². The van der Waals surface area contributed by atoms with Gasteiger partial charge in [-0.3, -0.25) is 4.79 Å². The molecule has 0 bridgehead atoms. The Kier molecular flexibility index (Phi) is 3.05. The maximum absolute atomic E-state index is 11.1. The zero-order chi connectivity index (χ0) is 12.3. The molecule has 86 valence electrons. The lowest BCUT2D eigenvalue weighted by atomic mass is 10.00. The highest BCUT2D eigenvalue weighted by atomic mass is 16.5. The van der Waals surface area contributed by atoms with Crippen LogP contribution < -0.4 is 0 Å².